The number of rotatable bonds is 65. The van der Waals surface area contributed by atoms with E-state index in [0.717, 1.165) is 35.5 Å². The van der Waals surface area contributed by atoms with Crippen molar-refractivity contribution in [2.24, 2.45) is 47.2 Å². The Balaban J connectivity index is -0.000000231. The third kappa shape index (κ3) is 99.9. The molecule has 0 aromatic heterocycles. The van der Waals surface area contributed by atoms with E-state index in [1.165, 1.54) is 403 Å². The zero-order chi connectivity index (χ0) is 71.3. The van der Waals surface area contributed by atoms with E-state index in [2.05, 4.69) is 142 Å². The molecule has 0 aromatic rings. The van der Waals surface area contributed by atoms with Gasteiger partial charge in [-0.1, -0.05) is 475 Å². The van der Waals surface area contributed by atoms with Gasteiger partial charge in [-0.25, -0.2) is 0 Å². The lowest BCUT2D eigenvalue weighted by molar-refractivity contribution is 0.206. The summed E-state index contributed by atoms with van der Waals surface area (Å²) in [5, 5.41) is 0. The molecule has 0 fully saturated rings. The summed E-state index contributed by atoms with van der Waals surface area (Å²) in [6.45, 7) is 54.1. The molecule has 566 valence electrons. The molecule has 0 amide bonds. The predicted molar refractivity (Wildman–Crippen MR) is 442 cm³/mol. The Morgan fingerprint density at radius 2 is 0.538 bits per heavy atom. The first-order chi connectivity index (χ1) is 45.2. The lowest BCUT2D eigenvalue weighted by Crippen LogP contribution is -2.22. The van der Waals surface area contributed by atoms with Gasteiger partial charge in [0.05, 0.1) is 0 Å². The van der Waals surface area contributed by atoms with Crippen LogP contribution in [0.2, 0.25) is 0 Å². The molecule has 0 aliphatic heterocycles. The normalized spacial score (nSPS) is 13.0. The Labute approximate surface area is 597 Å². The third-order valence-electron chi connectivity index (χ3n) is 19.9. The number of hydrogen-bond donors (Lipinski definition) is 1. The van der Waals surface area contributed by atoms with Crippen molar-refractivity contribution in [3.8, 4) is 0 Å². The summed E-state index contributed by atoms with van der Waals surface area (Å²) in [7, 11) is 1.50. The highest BCUT2D eigenvalue weighted by Gasteiger charge is 2.25. The summed E-state index contributed by atoms with van der Waals surface area (Å²) in [6, 6.07) is 0. The standard InChI is InChI=1S/C41H80.C17H34.2C11H24.C9H20.C2H6.CH5N/c1-10-14-16-18-20-21-22-24-26-29-36(6)33-38(8)34-41(39(9)40(12-3)13-4)31-27-30-37(7)32-35(5)28-25-23-19-17-15-11-2;1-5-6-7-8-9-10-11-12-13-14-17(4)15-16(2)3;2*1-3-5-7-9-11-10-8-6-4-2;1-3-5-7-9-8-6-4-2;2*1-2/h12,35-36,38-41H,3,7,10-11,13-34H2,1-2,4-6,8-9H3;17H,2,5-15H2,1,3-4H3;2*3-11H2,1-2H3;3-9H2,1-2H3;1-2H3;2H2,1H3. The van der Waals surface area contributed by atoms with Crippen LogP contribution in [-0.2, 0) is 0 Å². The van der Waals surface area contributed by atoms with Crippen LogP contribution in [0.3, 0.4) is 0 Å². The highest BCUT2D eigenvalue weighted by molar-refractivity contribution is 4.96. The summed E-state index contributed by atoms with van der Waals surface area (Å²) in [6.07, 6.45) is 87.1. The Kier molecular flexibility index (Phi) is 111. The van der Waals surface area contributed by atoms with Gasteiger partial charge in [0.25, 0.3) is 0 Å². The average molecular weight is 1310 g/mol. The maximum absolute atomic E-state index is 4.52. The molecule has 7 unspecified atom stereocenters. The zero-order valence-corrected chi connectivity index (χ0v) is 69.7. The SMILES string of the molecule is C=C(C)CC(C)CCCCCCCCCCC.C=CC(CC)C(C)C(CCCC(=C)CC(C)CCCCCCCC)CC(C)CC(C)CCCCCCCCCCC.CC.CCCCCCCCC.CCCCCCCCCCC.CCCCCCCCCCC.CN. The van der Waals surface area contributed by atoms with Crippen molar-refractivity contribution in [2.75, 3.05) is 7.05 Å². The number of unbranched alkanes of at least 4 members (excludes halogenated alkanes) is 43. The van der Waals surface area contributed by atoms with E-state index in [4.69, 9.17) is 0 Å². The Morgan fingerprint density at radius 3 is 0.774 bits per heavy atom. The first kappa shape index (κ1) is 106. The summed E-state index contributed by atoms with van der Waals surface area (Å²) in [5.41, 5.74) is 7.35. The molecule has 0 aliphatic rings. The van der Waals surface area contributed by atoms with Crippen LogP contribution in [0.25, 0.3) is 0 Å². The fraction of sp³-hybridized carbons (Fsp3) is 0.935. The van der Waals surface area contributed by atoms with Crippen LogP contribution in [-0.4, -0.2) is 7.05 Å². The van der Waals surface area contributed by atoms with Crippen LogP contribution in [0, 0.1) is 41.4 Å². The second-order valence-corrected chi connectivity index (χ2v) is 30.3. The van der Waals surface area contributed by atoms with Gasteiger partial charge in [-0.2, -0.15) is 0 Å². The lowest BCUT2D eigenvalue weighted by atomic mass is 9.74. The molecule has 2 N–H and O–H groups in total. The smallest absolute Gasteiger partial charge is 0.0195 e. The van der Waals surface area contributed by atoms with Crippen LogP contribution >= 0.6 is 0 Å². The van der Waals surface area contributed by atoms with Gasteiger partial charge < -0.3 is 5.73 Å². The Hall–Kier alpha value is -0.820. The molecule has 0 spiro atoms. The van der Waals surface area contributed by atoms with E-state index in [0.29, 0.717) is 5.92 Å². The second kappa shape index (κ2) is 97.6. The molecule has 7 atom stereocenters. The van der Waals surface area contributed by atoms with Crippen molar-refractivity contribution in [2.45, 2.75) is 510 Å². The zero-order valence-electron chi connectivity index (χ0n) is 69.7. The van der Waals surface area contributed by atoms with E-state index in [1.54, 1.807) is 0 Å². The first-order valence-electron chi connectivity index (χ1n) is 43.7. The summed E-state index contributed by atoms with van der Waals surface area (Å²) < 4.78 is 0. The van der Waals surface area contributed by atoms with Gasteiger partial charge in [0.2, 0.25) is 0 Å². The molecule has 0 radical (unpaired) electrons. The van der Waals surface area contributed by atoms with E-state index in [1.807, 2.05) is 13.8 Å². The van der Waals surface area contributed by atoms with Crippen molar-refractivity contribution in [3.05, 3.63) is 37.0 Å². The van der Waals surface area contributed by atoms with Gasteiger partial charge in [-0.3, -0.25) is 0 Å². The molecule has 1 heteroatoms. The molecule has 0 heterocycles. The fourth-order valence-electron chi connectivity index (χ4n) is 13.8. The van der Waals surface area contributed by atoms with E-state index in [-0.39, 0.29) is 0 Å². The highest BCUT2D eigenvalue weighted by Crippen LogP contribution is 2.36. The van der Waals surface area contributed by atoms with Crippen LogP contribution in [0.5, 0.6) is 0 Å². The minimum absolute atomic E-state index is 0.659. The predicted octanol–water partition coefficient (Wildman–Crippen LogP) is 34.9. The van der Waals surface area contributed by atoms with Gasteiger partial charge >= 0.3 is 0 Å². The van der Waals surface area contributed by atoms with Crippen molar-refractivity contribution in [1.29, 1.82) is 0 Å². The van der Waals surface area contributed by atoms with Crippen LogP contribution in [0.4, 0.5) is 0 Å². The monoisotopic (exact) mass is 1310 g/mol. The Bertz CT molecular complexity index is 1220. The molecule has 0 rings (SSSR count). The second-order valence-electron chi connectivity index (χ2n) is 30.3. The quantitative estimate of drug-likeness (QED) is 0.0477. The molecule has 0 saturated heterocycles. The number of nitrogens with two attached hydrogens (primary N) is 1. The summed E-state index contributed by atoms with van der Waals surface area (Å²) in [4.78, 5) is 0. The molecule has 93 heavy (non-hydrogen) atoms. The Morgan fingerprint density at radius 1 is 0.301 bits per heavy atom. The van der Waals surface area contributed by atoms with Gasteiger partial charge in [0.15, 0.2) is 0 Å². The molecular weight excluding hydrogens is 1120 g/mol. The highest BCUT2D eigenvalue weighted by atomic mass is 14.4. The van der Waals surface area contributed by atoms with Gasteiger partial charge in [-0.05, 0) is 107 Å². The number of hydrogen-bond acceptors (Lipinski definition) is 1. The minimum atomic E-state index is 0.659. The van der Waals surface area contributed by atoms with Crippen LogP contribution < -0.4 is 5.73 Å². The number of allylic oxidation sites excluding steroid dienone is 3. The van der Waals surface area contributed by atoms with Gasteiger partial charge in [0, 0.05) is 0 Å². The fourth-order valence-corrected chi connectivity index (χ4v) is 13.8. The summed E-state index contributed by atoms with van der Waals surface area (Å²) in [5.74, 6) is 5.58. The average Bonchev–Trinajstić information content (AvgIpc) is 2.05. The first-order valence-corrected chi connectivity index (χ1v) is 43.7. The van der Waals surface area contributed by atoms with Crippen LogP contribution in [0.15, 0.2) is 37.0 Å². The molecule has 0 aliphatic carbocycles. The molecule has 1 nitrogen and oxygen atoms in total. The van der Waals surface area contributed by atoms with Gasteiger partial charge in [0.1, 0.15) is 0 Å². The molecule has 0 aromatic carbocycles. The van der Waals surface area contributed by atoms with E-state index >= 15 is 0 Å². The topological polar surface area (TPSA) is 26.0 Å². The molecule has 0 bridgehead atoms. The van der Waals surface area contributed by atoms with Crippen molar-refractivity contribution < 1.29 is 0 Å². The maximum atomic E-state index is 4.52. The van der Waals surface area contributed by atoms with Crippen LogP contribution in [0.1, 0.15) is 510 Å². The molecular formula is C92H193N. The van der Waals surface area contributed by atoms with Gasteiger partial charge in [-0.15, -0.1) is 13.2 Å². The van der Waals surface area contributed by atoms with E-state index < -0.39 is 0 Å². The van der Waals surface area contributed by atoms with Crippen molar-refractivity contribution in [1.82, 2.24) is 0 Å². The lowest BCUT2D eigenvalue weighted by Gasteiger charge is -2.32. The largest absolute Gasteiger partial charge is 0.333 e. The van der Waals surface area contributed by atoms with E-state index in [9.17, 15) is 0 Å². The summed E-state index contributed by atoms with van der Waals surface area (Å²) >= 11 is 0. The molecule has 0 saturated carbocycles. The minimum Gasteiger partial charge on any atom is -0.333 e. The van der Waals surface area contributed by atoms with Crippen molar-refractivity contribution >= 4 is 0 Å². The van der Waals surface area contributed by atoms with Crippen molar-refractivity contribution in [3.63, 3.8) is 0 Å². The third-order valence-corrected chi connectivity index (χ3v) is 19.9. The maximum Gasteiger partial charge on any atom is -0.0195 e.